The van der Waals surface area contributed by atoms with E-state index in [1.165, 1.54) is 7.11 Å². The van der Waals surface area contributed by atoms with Gasteiger partial charge in [0.2, 0.25) is 0 Å². The second kappa shape index (κ2) is 6.32. The summed E-state index contributed by atoms with van der Waals surface area (Å²) in [6.07, 6.45) is -0.782. The van der Waals surface area contributed by atoms with E-state index in [0.717, 1.165) is 0 Å². The third kappa shape index (κ3) is 3.01. The first-order chi connectivity index (χ1) is 8.17. The molecule has 0 radical (unpaired) electrons. The highest BCUT2D eigenvalue weighted by Crippen LogP contribution is 2.37. The zero-order valence-electron chi connectivity index (χ0n) is 10.4. The molecule has 1 aromatic carbocycles. The summed E-state index contributed by atoms with van der Waals surface area (Å²) in [5.74, 6) is 1.67. The monoisotopic (exact) mass is 241 g/mol. The largest absolute Gasteiger partial charge is 0.496 e. The standard InChI is InChI=1S/C12H19NO4/c1-4-17-12-5-8(9(14)7-13)10(15-2)6-11(12)16-3/h5-6,9,14H,4,7,13H2,1-3H3. The lowest BCUT2D eigenvalue weighted by molar-refractivity contribution is 0.181. The van der Waals surface area contributed by atoms with Gasteiger partial charge in [0.1, 0.15) is 5.75 Å². The predicted molar refractivity (Wildman–Crippen MR) is 64.7 cm³/mol. The van der Waals surface area contributed by atoms with E-state index < -0.39 is 6.10 Å². The van der Waals surface area contributed by atoms with Gasteiger partial charge in [-0.05, 0) is 13.0 Å². The van der Waals surface area contributed by atoms with Crippen molar-refractivity contribution in [2.24, 2.45) is 5.73 Å². The van der Waals surface area contributed by atoms with E-state index in [9.17, 15) is 5.11 Å². The molecule has 1 rings (SSSR count). The predicted octanol–water partition coefficient (Wildman–Crippen LogP) is 1.09. The fourth-order valence-corrected chi connectivity index (χ4v) is 1.55. The zero-order chi connectivity index (χ0) is 12.8. The SMILES string of the molecule is CCOc1cc(C(O)CN)c(OC)cc1OC. The Labute approximate surface area is 101 Å². The number of methoxy groups -OCH3 is 2. The summed E-state index contributed by atoms with van der Waals surface area (Å²) in [5.41, 5.74) is 6.04. The molecule has 0 saturated heterocycles. The maximum Gasteiger partial charge on any atom is 0.164 e. The summed E-state index contributed by atoms with van der Waals surface area (Å²) in [7, 11) is 3.08. The second-order valence-corrected chi connectivity index (χ2v) is 3.43. The van der Waals surface area contributed by atoms with Crippen LogP contribution in [0.2, 0.25) is 0 Å². The van der Waals surface area contributed by atoms with Crippen molar-refractivity contribution >= 4 is 0 Å². The van der Waals surface area contributed by atoms with Gasteiger partial charge in [-0.1, -0.05) is 0 Å². The number of hydrogen-bond acceptors (Lipinski definition) is 5. The lowest BCUT2D eigenvalue weighted by Gasteiger charge is -2.17. The van der Waals surface area contributed by atoms with Crippen molar-refractivity contribution < 1.29 is 19.3 Å². The van der Waals surface area contributed by atoms with Gasteiger partial charge < -0.3 is 25.1 Å². The minimum Gasteiger partial charge on any atom is -0.496 e. The second-order valence-electron chi connectivity index (χ2n) is 3.43. The first-order valence-electron chi connectivity index (χ1n) is 5.44. The van der Waals surface area contributed by atoms with Crippen LogP contribution in [0.25, 0.3) is 0 Å². The number of rotatable bonds is 6. The molecule has 0 fully saturated rings. The Kier molecular flexibility index (Phi) is 5.06. The molecule has 0 heterocycles. The van der Waals surface area contributed by atoms with Gasteiger partial charge in [-0.3, -0.25) is 0 Å². The molecule has 3 N–H and O–H groups in total. The average Bonchev–Trinajstić information content (AvgIpc) is 2.37. The third-order valence-electron chi connectivity index (χ3n) is 2.40. The number of benzene rings is 1. The number of ether oxygens (including phenoxy) is 3. The van der Waals surface area contributed by atoms with Crippen LogP contribution in [0.5, 0.6) is 17.2 Å². The lowest BCUT2D eigenvalue weighted by atomic mass is 10.1. The number of aliphatic hydroxyl groups is 1. The summed E-state index contributed by atoms with van der Waals surface area (Å²) < 4.78 is 15.8. The van der Waals surface area contributed by atoms with E-state index in [1.807, 2.05) is 6.92 Å². The molecular weight excluding hydrogens is 222 g/mol. The van der Waals surface area contributed by atoms with Crippen molar-refractivity contribution in [3.63, 3.8) is 0 Å². The quantitative estimate of drug-likeness (QED) is 0.780. The molecule has 0 aromatic heterocycles. The highest BCUT2D eigenvalue weighted by Gasteiger charge is 2.17. The Morgan fingerprint density at radius 3 is 2.29 bits per heavy atom. The molecule has 1 unspecified atom stereocenters. The first kappa shape index (κ1) is 13.6. The van der Waals surface area contributed by atoms with Crippen molar-refractivity contribution in [1.29, 1.82) is 0 Å². The Morgan fingerprint density at radius 2 is 1.82 bits per heavy atom. The summed E-state index contributed by atoms with van der Waals surface area (Å²) in [6, 6.07) is 3.37. The Hall–Kier alpha value is -1.46. The topological polar surface area (TPSA) is 73.9 Å². The number of hydrogen-bond donors (Lipinski definition) is 2. The molecule has 0 spiro atoms. The van der Waals surface area contributed by atoms with Crippen LogP contribution in [0.15, 0.2) is 12.1 Å². The van der Waals surface area contributed by atoms with Crippen molar-refractivity contribution in [1.82, 2.24) is 0 Å². The van der Waals surface area contributed by atoms with Gasteiger partial charge in [0.05, 0.1) is 26.9 Å². The minimum absolute atomic E-state index is 0.119. The molecule has 5 nitrogen and oxygen atoms in total. The van der Waals surface area contributed by atoms with Crippen molar-refractivity contribution in [2.45, 2.75) is 13.0 Å². The van der Waals surface area contributed by atoms with Gasteiger partial charge in [-0.15, -0.1) is 0 Å². The van der Waals surface area contributed by atoms with Crippen LogP contribution in [0.1, 0.15) is 18.6 Å². The Balaban J connectivity index is 3.23. The van der Waals surface area contributed by atoms with Gasteiger partial charge in [0.15, 0.2) is 11.5 Å². The molecular formula is C12H19NO4. The fraction of sp³-hybridized carbons (Fsp3) is 0.500. The van der Waals surface area contributed by atoms with Crippen LogP contribution >= 0.6 is 0 Å². The summed E-state index contributed by atoms with van der Waals surface area (Å²) >= 11 is 0. The van der Waals surface area contributed by atoms with Crippen LogP contribution in [0, 0.1) is 0 Å². The number of nitrogens with two attached hydrogens (primary N) is 1. The maximum atomic E-state index is 9.80. The lowest BCUT2D eigenvalue weighted by Crippen LogP contribution is -2.13. The Bertz CT molecular complexity index is 368. The molecule has 0 aliphatic heterocycles. The van der Waals surface area contributed by atoms with Crippen LogP contribution in [0.4, 0.5) is 0 Å². The van der Waals surface area contributed by atoms with Crippen LogP contribution in [0.3, 0.4) is 0 Å². The molecule has 0 bridgehead atoms. The van der Waals surface area contributed by atoms with E-state index in [2.05, 4.69) is 0 Å². The average molecular weight is 241 g/mol. The highest BCUT2D eigenvalue weighted by molar-refractivity contribution is 5.51. The zero-order valence-corrected chi connectivity index (χ0v) is 10.4. The van der Waals surface area contributed by atoms with Crippen LogP contribution < -0.4 is 19.9 Å². The molecule has 96 valence electrons. The molecule has 1 aromatic rings. The van der Waals surface area contributed by atoms with E-state index in [4.69, 9.17) is 19.9 Å². The van der Waals surface area contributed by atoms with E-state index in [0.29, 0.717) is 29.4 Å². The maximum absolute atomic E-state index is 9.80. The highest BCUT2D eigenvalue weighted by atomic mass is 16.5. The van der Waals surface area contributed by atoms with Gasteiger partial charge in [0.25, 0.3) is 0 Å². The normalized spacial score (nSPS) is 12.1. The first-order valence-corrected chi connectivity index (χ1v) is 5.44. The van der Waals surface area contributed by atoms with Gasteiger partial charge in [0, 0.05) is 18.2 Å². The molecule has 0 aliphatic rings. The van der Waals surface area contributed by atoms with Gasteiger partial charge in [-0.2, -0.15) is 0 Å². The van der Waals surface area contributed by atoms with Gasteiger partial charge >= 0.3 is 0 Å². The molecule has 0 amide bonds. The molecule has 5 heteroatoms. The van der Waals surface area contributed by atoms with E-state index in [1.54, 1.807) is 19.2 Å². The third-order valence-corrected chi connectivity index (χ3v) is 2.40. The minimum atomic E-state index is -0.782. The fourth-order valence-electron chi connectivity index (χ4n) is 1.55. The summed E-state index contributed by atoms with van der Waals surface area (Å²) in [6.45, 7) is 2.51. The molecule has 0 saturated carbocycles. The van der Waals surface area contributed by atoms with E-state index in [-0.39, 0.29) is 6.54 Å². The van der Waals surface area contributed by atoms with Crippen molar-refractivity contribution in [3.05, 3.63) is 17.7 Å². The smallest absolute Gasteiger partial charge is 0.164 e. The number of aliphatic hydroxyl groups excluding tert-OH is 1. The summed E-state index contributed by atoms with van der Waals surface area (Å²) in [4.78, 5) is 0. The van der Waals surface area contributed by atoms with Crippen molar-refractivity contribution in [2.75, 3.05) is 27.4 Å². The molecule has 1 atom stereocenters. The molecule has 0 aliphatic carbocycles. The van der Waals surface area contributed by atoms with E-state index >= 15 is 0 Å². The van der Waals surface area contributed by atoms with Crippen molar-refractivity contribution in [3.8, 4) is 17.2 Å². The van der Waals surface area contributed by atoms with Gasteiger partial charge in [-0.25, -0.2) is 0 Å². The van der Waals surface area contributed by atoms with Crippen LogP contribution in [-0.2, 0) is 0 Å². The van der Waals surface area contributed by atoms with Crippen LogP contribution in [-0.4, -0.2) is 32.5 Å². The molecule has 17 heavy (non-hydrogen) atoms. The Morgan fingerprint density at radius 1 is 1.18 bits per heavy atom. The summed E-state index contributed by atoms with van der Waals surface area (Å²) in [5, 5.41) is 9.80.